The van der Waals surface area contributed by atoms with Crippen molar-refractivity contribution in [3.8, 4) is 0 Å². The summed E-state index contributed by atoms with van der Waals surface area (Å²) in [5.74, 6) is 1.10. The molecule has 1 aliphatic rings. The van der Waals surface area contributed by atoms with Crippen LogP contribution in [0, 0.1) is 11.8 Å². The Hall–Kier alpha value is -1.08. The molecule has 0 aromatic heterocycles. The van der Waals surface area contributed by atoms with Crippen LogP contribution in [-0.4, -0.2) is 6.61 Å². The van der Waals surface area contributed by atoms with Crippen molar-refractivity contribution in [3.63, 3.8) is 0 Å². The number of benzene rings is 1. The van der Waals surface area contributed by atoms with Gasteiger partial charge >= 0.3 is 0 Å². The highest BCUT2D eigenvalue weighted by Gasteiger charge is 2.30. The fraction of sp³-hybridized carbons (Fsp3) is 0.467. The molecular formula is C15H20O. The fourth-order valence-electron chi connectivity index (χ4n) is 2.44. The summed E-state index contributed by atoms with van der Waals surface area (Å²) >= 11 is 0. The SMILES string of the molecule is C=C(C)[C@@H]1C[C@H](C)CO[C@H]1c1ccccc1. The minimum atomic E-state index is 0.204. The summed E-state index contributed by atoms with van der Waals surface area (Å²) < 4.78 is 5.99. The maximum absolute atomic E-state index is 5.99. The van der Waals surface area contributed by atoms with Crippen LogP contribution < -0.4 is 0 Å². The largest absolute Gasteiger partial charge is 0.373 e. The summed E-state index contributed by atoms with van der Waals surface area (Å²) in [6, 6.07) is 10.5. The van der Waals surface area contributed by atoms with E-state index in [4.69, 9.17) is 4.74 Å². The number of rotatable bonds is 2. The lowest BCUT2D eigenvalue weighted by Crippen LogP contribution is -2.28. The second-order valence-corrected chi connectivity index (χ2v) is 4.96. The van der Waals surface area contributed by atoms with Crippen LogP contribution in [0.15, 0.2) is 42.5 Å². The van der Waals surface area contributed by atoms with Crippen LogP contribution in [0.4, 0.5) is 0 Å². The lowest BCUT2D eigenvalue weighted by molar-refractivity contribution is -0.0424. The van der Waals surface area contributed by atoms with Gasteiger partial charge in [0.2, 0.25) is 0 Å². The second kappa shape index (κ2) is 4.84. The molecule has 1 saturated heterocycles. The van der Waals surface area contributed by atoms with Crippen LogP contribution in [0.2, 0.25) is 0 Å². The highest BCUT2D eigenvalue weighted by atomic mass is 16.5. The molecule has 1 heterocycles. The highest BCUT2D eigenvalue weighted by Crippen LogP contribution is 2.39. The van der Waals surface area contributed by atoms with Gasteiger partial charge in [0, 0.05) is 5.92 Å². The van der Waals surface area contributed by atoms with Crippen molar-refractivity contribution < 1.29 is 4.74 Å². The Morgan fingerprint density at radius 2 is 2.00 bits per heavy atom. The Balaban J connectivity index is 2.22. The third kappa shape index (κ3) is 2.35. The number of hydrogen-bond acceptors (Lipinski definition) is 1. The maximum atomic E-state index is 5.99. The van der Waals surface area contributed by atoms with E-state index in [1.54, 1.807) is 0 Å². The van der Waals surface area contributed by atoms with E-state index >= 15 is 0 Å². The van der Waals surface area contributed by atoms with Crippen molar-refractivity contribution in [2.75, 3.05) is 6.61 Å². The molecule has 1 fully saturated rings. The third-order valence-corrected chi connectivity index (χ3v) is 3.34. The second-order valence-electron chi connectivity index (χ2n) is 4.96. The Morgan fingerprint density at radius 3 is 2.62 bits per heavy atom. The Labute approximate surface area is 98.1 Å². The van der Waals surface area contributed by atoms with E-state index < -0.39 is 0 Å². The predicted molar refractivity (Wildman–Crippen MR) is 67.2 cm³/mol. The Kier molecular flexibility index (Phi) is 3.45. The average molecular weight is 216 g/mol. The van der Waals surface area contributed by atoms with Crippen molar-refractivity contribution in [1.82, 2.24) is 0 Å². The van der Waals surface area contributed by atoms with Crippen LogP contribution in [0.5, 0.6) is 0 Å². The van der Waals surface area contributed by atoms with Gasteiger partial charge in [-0.15, -0.1) is 0 Å². The van der Waals surface area contributed by atoms with Crippen LogP contribution in [0.1, 0.15) is 31.9 Å². The van der Waals surface area contributed by atoms with Gasteiger partial charge in [-0.05, 0) is 24.8 Å². The van der Waals surface area contributed by atoms with Gasteiger partial charge in [-0.3, -0.25) is 0 Å². The van der Waals surface area contributed by atoms with Gasteiger partial charge in [0.15, 0.2) is 0 Å². The maximum Gasteiger partial charge on any atom is 0.0890 e. The smallest absolute Gasteiger partial charge is 0.0890 e. The zero-order valence-electron chi connectivity index (χ0n) is 10.1. The first-order valence-electron chi connectivity index (χ1n) is 6.00. The molecule has 0 aliphatic carbocycles. The molecule has 1 heteroatoms. The summed E-state index contributed by atoms with van der Waals surface area (Å²) in [4.78, 5) is 0. The molecule has 86 valence electrons. The molecule has 0 unspecified atom stereocenters. The van der Waals surface area contributed by atoms with Crippen LogP contribution in [0.25, 0.3) is 0 Å². The minimum Gasteiger partial charge on any atom is -0.373 e. The van der Waals surface area contributed by atoms with Gasteiger partial charge in [0.05, 0.1) is 12.7 Å². The standard InChI is InChI=1S/C15H20O/c1-11(2)14-9-12(3)10-16-15(14)13-7-5-4-6-8-13/h4-8,12,14-15H,1,9-10H2,2-3H3/t12-,14-,15-/m0/s1. The highest BCUT2D eigenvalue weighted by molar-refractivity contribution is 5.21. The van der Waals surface area contributed by atoms with E-state index in [0.29, 0.717) is 11.8 Å². The van der Waals surface area contributed by atoms with E-state index in [9.17, 15) is 0 Å². The number of ether oxygens (including phenoxy) is 1. The minimum absolute atomic E-state index is 0.204. The first-order chi connectivity index (χ1) is 7.68. The summed E-state index contributed by atoms with van der Waals surface area (Å²) in [5, 5.41) is 0. The van der Waals surface area contributed by atoms with E-state index in [1.165, 1.54) is 17.6 Å². The van der Waals surface area contributed by atoms with Gasteiger partial charge < -0.3 is 4.74 Å². The molecule has 1 aromatic rings. The molecule has 0 amide bonds. The van der Waals surface area contributed by atoms with Gasteiger partial charge in [-0.25, -0.2) is 0 Å². The zero-order chi connectivity index (χ0) is 11.5. The van der Waals surface area contributed by atoms with E-state index in [0.717, 1.165) is 6.61 Å². The normalized spacial score (nSPS) is 30.0. The summed E-state index contributed by atoms with van der Waals surface area (Å²) in [6.07, 6.45) is 1.39. The summed E-state index contributed by atoms with van der Waals surface area (Å²) in [7, 11) is 0. The quantitative estimate of drug-likeness (QED) is 0.679. The van der Waals surface area contributed by atoms with Crippen molar-refractivity contribution in [1.29, 1.82) is 0 Å². The van der Waals surface area contributed by atoms with Gasteiger partial charge in [-0.1, -0.05) is 49.4 Å². The lowest BCUT2D eigenvalue weighted by atomic mass is 9.81. The molecule has 1 aromatic carbocycles. The average Bonchev–Trinajstić information content (AvgIpc) is 2.30. The number of hydrogen-bond donors (Lipinski definition) is 0. The van der Waals surface area contributed by atoms with Gasteiger partial charge in [0.1, 0.15) is 0 Å². The molecule has 0 radical (unpaired) electrons. The Bertz CT molecular complexity index is 355. The zero-order valence-corrected chi connectivity index (χ0v) is 10.1. The van der Waals surface area contributed by atoms with Crippen LogP contribution >= 0.6 is 0 Å². The molecule has 0 spiro atoms. The van der Waals surface area contributed by atoms with Gasteiger partial charge in [-0.2, -0.15) is 0 Å². The van der Waals surface area contributed by atoms with E-state index in [2.05, 4.69) is 44.7 Å². The van der Waals surface area contributed by atoms with Gasteiger partial charge in [0.25, 0.3) is 0 Å². The molecule has 0 bridgehead atoms. The lowest BCUT2D eigenvalue weighted by Gasteiger charge is -2.35. The van der Waals surface area contributed by atoms with Crippen LogP contribution in [-0.2, 0) is 4.74 Å². The third-order valence-electron chi connectivity index (χ3n) is 3.34. The van der Waals surface area contributed by atoms with Crippen molar-refractivity contribution >= 4 is 0 Å². The molecule has 1 nitrogen and oxygen atoms in total. The monoisotopic (exact) mass is 216 g/mol. The fourth-order valence-corrected chi connectivity index (χ4v) is 2.44. The molecule has 0 N–H and O–H groups in total. The molecular weight excluding hydrogens is 196 g/mol. The summed E-state index contributed by atoms with van der Waals surface area (Å²) in [5.41, 5.74) is 2.52. The van der Waals surface area contributed by atoms with Crippen molar-refractivity contribution in [3.05, 3.63) is 48.0 Å². The Morgan fingerprint density at radius 1 is 1.31 bits per heavy atom. The molecule has 16 heavy (non-hydrogen) atoms. The molecule has 3 atom stereocenters. The predicted octanol–water partition coefficient (Wildman–Crippen LogP) is 3.98. The first-order valence-corrected chi connectivity index (χ1v) is 6.00. The van der Waals surface area contributed by atoms with E-state index in [1.807, 2.05) is 6.07 Å². The molecule has 0 saturated carbocycles. The summed E-state index contributed by atoms with van der Waals surface area (Å²) in [6.45, 7) is 9.33. The van der Waals surface area contributed by atoms with Crippen LogP contribution in [0.3, 0.4) is 0 Å². The van der Waals surface area contributed by atoms with Crippen molar-refractivity contribution in [2.45, 2.75) is 26.4 Å². The topological polar surface area (TPSA) is 9.23 Å². The van der Waals surface area contributed by atoms with E-state index in [-0.39, 0.29) is 6.10 Å². The first kappa shape index (κ1) is 11.4. The van der Waals surface area contributed by atoms with Crippen molar-refractivity contribution in [2.24, 2.45) is 11.8 Å². The molecule has 2 rings (SSSR count). The molecule has 1 aliphatic heterocycles.